The van der Waals surface area contributed by atoms with Crippen LogP contribution < -0.4 is 5.32 Å². The number of nitro benzene ring substituents is 1. The van der Waals surface area contributed by atoms with Gasteiger partial charge >= 0.3 is 5.97 Å². The Hall–Kier alpha value is -3.68. The molecular weight excluding hydrogens is 350 g/mol. The van der Waals surface area contributed by atoms with E-state index in [0.29, 0.717) is 13.0 Å². The Morgan fingerprint density at radius 1 is 1.15 bits per heavy atom. The first kappa shape index (κ1) is 18.1. The molecule has 0 saturated heterocycles. The van der Waals surface area contributed by atoms with Gasteiger partial charge in [0.15, 0.2) is 6.61 Å². The summed E-state index contributed by atoms with van der Waals surface area (Å²) in [7, 11) is 0. The Kier molecular flexibility index (Phi) is 5.46. The molecule has 138 valence electrons. The number of nitro groups is 1. The SMILES string of the molecule is O=C(COC(=O)c1cccc([N+](=O)[O-])c1)NCCc1c[nH]c2ccccc12. The molecule has 2 aromatic carbocycles. The molecule has 0 unspecified atom stereocenters. The van der Waals surface area contributed by atoms with E-state index in [0.717, 1.165) is 22.5 Å². The van der Waals surface area contributed by atoms with Crippen LogP contribution in [0.15, 0.2) is 54.7 Å². The van der Waals surface area contributed by atoms with Crippen LogP contribution in [0.5, 0.6) is 0 Å². The summed E-state index contributed by atoms with van der Waals surface area (Å²) in [6.45, 7) is -0.0511. The van der Waals surface area contributed by atoms with Gasteiger partial charge in [0.05, 0.1) is 10.5 Å². The van der Waals surface area contributed by atoms with Crippen LogP contribution in [0.25, 0.3) is 10.9 Å². The third-order valence-electron chi connectivity index (χ3n) is 4.02. The van der Waals surface area contributed by atoms with Gasteiger partial charge in [-0.15, -0.1) is 0 Å². The highest BCUT2D eigenvalue weighted by atomic mass is 16.6. The lowest BCUT2D eigenvalue weighted by atomic mass is 10.1. The predicted octanol–water partition coefficient (Wildman–Crippen LogP) is 2.59. The summed E-state index contributed by atoms with van der Waals surface area (Å²) in [4.78, 5) is 37.0. The van der Waals surface area contributed by atoms with Gasteiger partial charge in [-0.25, -0.2) is 4.79 Å². The van der Waals surface area contributed by atoms with Crippen molar-refractivity contribution >= 4 is 28.5 Å². The van der Waals surface area contributed by atoms with Gasteiger partial charge in [0.25, 0.3) is 11.6 Å². The molecule has 0 aliphatic heterocycles. The second kappa shape index (κ2) is 8.13. The van der Waals surface area contributed by atoms with Crippen LogP contribution in [-0.4, -0.2) is 34.9 Å². The van der Waals surface area contributed by atoms with Gasteiger partial charge in [-0.2, -0.15) is 0 Å². The van der Waals surface area contributed by atoms with Gasteiger partial charge in [0.2, 0.25) is 0 Å². The van der Waals surface area contributed by atoms with E-state index in [1.54, 1.807) is 0 Å². The molecule has 1 amide bonds. The van der Waals surface area contributed by atoms with Crippen LogP contribution in [0.3, 0.4) is 0 Å². The number of aromatic nitrogens is 1. The van der Waals surface area contributed by atoms with Gasteiger partial charge in [-0.1, -0.05) is 24.3 Å². The van der Waals surface area contributed by atoms with Crippen LogP contribution >= 0.6 is 0 Å². The third kappa shape index (κ3) is 4.49. The molecule has 0 fully saturated rings. The fourth-order valence-electron chi connectivity index (χ4n) is 2.69. The smallest absolute Gasteiger partial charge is 0.338 e. The van der Waals surface area contributed by atoms with Gasteiger partial charge in [-0.3, -0.25) is 14.9 Å². The third-order valence-corrected chi connectivity index (χ3v) is 4.02. The van der Waals surface area contributed by atoms with Crippen molar-refractivity contribution in [1.82, 2.24) is 10.3 Å². The summed E-state index contributed by atoms with van der Waals surface area (Å²) in [6, 6.07) is 13.0. The van der Waals surface area contributed by atoms with E-state index in [9.17, 15) is 19.7 Å². The minimum absolute atomic E-state index is 0.0239. The van der Waals surface area contributed by atoms with Crippen LogP contribution in [-0.2, 0) is 16.0 Å². The van der Waals surface area contributed by atoms with E-state index in [-0.39, 0.29) is 11.3 Å². The number of non-ortho nitro benzene ring substituents is 1. The summed E-state index contributed by atoms with van der Waals surface area (Å²) in [5, 5.41) is 14.5. The number of benzene rings is 2. The molecule has 0 saturated carbocycles. The Morgan fingerprint density at radius 3 is 2.78 bits per heavy atom. The number of esters is 1. The summed E-state index contributed by atoms with van der Waals surface area (Å²) in [6.07, 6.45) is 2.54. The number of nitrogens with one attached hydrogen (secondary N) is 2. The molecule has 1 aromatic heterocycles. The maximum Gasteiger partial charge on any atom is 0.338 e. The molecule has 8 heteroatoms. The highest BCUT2D eigenvalue weighted by Gasteiger charge is 2.14. The summed E-state index contributed by atoms with van der Waals surface area (Å²) in [5.41, 5.74) is 1.92. The predicted molar refractivity (Wildman–Crippen MR) is 98.4 cm³/mol. The highest BCUT2D eigenvalue weighted by molar-refractivity contribution is 5.92. The van der Waals surface area contributed by atoms with Crippen molar-refractivity contribution in [3.63, 3.8) is 0 Å². The average Bonchev–Trinajstić information content (AvgIpc) is 3.09. The van der Waals surface area contributed by atoms with E-state index in [4.69, 9.17) is 4.74 Å². The number of H-pyrrole nitrogens is 1. The fraction of sp³-hybridized carbons (Fsp3) is 0.158. The van der Waals surface area contributed by atoms with Gasteiger partial charge in [0, 0.05) is 35.8 Å². The standard InChI is InChI=1S/C19H17N3O5/c23-18(12-27-19(24)13-4-3-5-15(10-13)22(25)26)20-9-8-14-11-21-17-7-2-1-6-16(14)17/h1-7,10-11,21H,8-9,12H2,(H,20,23). The van der Waals surface area contributed by atoms with Crippen molar-refractivity contribution in [1.29, 1.82) is 0 Å². The number of amides is 1. The van der Waals surface area contributed by atoms with Crippen molar-refractivity contribution in [3.8, 4) is 0 Å². The minimum atomic E-state index is -0.787. The number of rotatable bonds is 7. The zero-order valence-electron chi connectivity index (χ0n) is 14.3. The normalized spacial score (nSPS) is 10.5. The quantitative estimate of drug-likeness (QED) is 0.378. The Morgan fingerprint density at radius 2 is 1.96 bits per heavy atom. The number of nitrogens with zero attached hydrogens (tertiary/aromatic N) is 1. The largest absolute Gasteiger partial charge is 0.452 e. The van der Waals surface area contributed by atoms with E-state index in [1.807, 2.05) is 30.5 Å². The molecule has 0 spiro atoms. The van der Waals surface area contributed by atoms with Gasteiger partial charge < -0.3 is 15.0 Å². The first-order chi connectivity index (χ1) is 13.0. The first-order valence-electron chi connectivity index (χ1n) is 8.28. The van der Waals surface area contributed by atoms with Crippen molar-refractivity contribution < 1.29 is 19.2 Å². The number of ether oxygens (including phenoxy) is 1. The number of hydrogen-bond acceptors (Lipinski definition) is 5. The molecule has 2 N–H and O–H groups in total. The van der Waals surface area contributed by atoms with E-state index in [1.165, 1.54) is 18.2 Å². The lowest BCUT2D eigenvalue weighted by molar-refractivity contribution is -0.384. The molecule has 1 heterocycles. The van der Waals surface area contributed by atoms with Crippen LogP contribution in [0.2, 0.25) is 0 Å². The summed E-state index contributed by atoms with van der Waals surface area (Å²) >= 11 is 0. The lowest BCUT2D eigenvalue weighted by Crippen LogP contribution is -2.30. The molecule has 0 atom stereocenters. The molecule has 27 heavy (non-hydrogen) atoms. The Labute approximate surface area is 154 Å². The number of fused-ring (bicyclic) bond motifs is 1. The number of carbonyl (C=O) groups excluding carboxylic acids is 2. The molecule has 0 bridgehead atoms. The maximum atomic E-state index is 11.9. The van der Waals surface area contributed by atoms with E-state index in [2.05, 4.69) is 10.3 Å². The topological polar surface area (TPSA) is 114 Å². The first-order valence-corrected chi connectivity index (χ1v) is 8.28. The second-order valence-electron chi connectivity index (χ2n) is 5.84. The second-order valence-corrected chi connectivity index (χ2v) is 5.84. The van der Waals surface area contributed by atoms with Crippen LogP contribution in [0.1, 0.15) is 15.9 Å². The number of hydrogen-bond donors (Lipinski definition) is 2. The van der Waals surface area contributed by atoms with E-state index >= 15 is 0 Å². The molecule has 0 radical (unpaired) electrons. The maximum absolute atomic E-state index is 11.9. The molecule has 8 nitrogen and oxygen atoms in total. The van der Waals surface area contributed by atoms with Crippen molar-refractivity contribution in [3.05, 3.63) is 76.0 Å². The molecule has 0 aliphatic carbocycles. The average molecular weight is 367 g/mol. The van der Waals surface area contributed by atoms with Crippen LogP contribution in [0, 0.1) is 10.1 Å². The number of para-hydroxylation sites is 1. The monoisotopic (exact) mass is 367 g/mol. The Bertz CT molecular complexity index is 996. The van der Waals surface area contributed by atoms with Crippen molar-refractivity contribution in [2.75, 3.05) is 13.2 Å². The minimum Gasteiger partial charge on any atom is -0.452 e. The van der Waals surface area contributed by atoms with Gasteiger partial charge in [0.1, 0.15) is 0 Å². The molecule has 0 aliphatic rings. The van der Waals surface area contributed by atoms with Crippen molar-refractivity contribution in [2.24, 2.45) is 0 Å². The van der Waals surface area contributed by atoms with Crippen molar-refractivity contribution in [2.45, 2.75) is 6.42 Å². The van der Waals surface area contributed by atoms with E-state index < -0.39 is 23.4 Å². The van der Waals surface area contributed by atoms with Gasteiger partial charge in [-0.05, 0) is 24.1 Å². The highest BCUT2D eigenvalue weighted by Crippen LogP contribution is 2.17. The fourth-order valence-corrected chi connectivity index (χ4v) is 2.69. The van der Waals surface area contributed by atoms with Crippen LogP contribution in [0.4, 0.5) is 5.69 Å². The summed E-state index contributed by atoms with van der Waals surface area (Å²) in [5.74, 6) is -1.22. The Balaban J connectivity index is 1.46. The molecule has 3 aromatic rings. The number of carbonyl (C=O) groups is 2. The lowest BCUT2D eigenvalue weighted by Gasteiger charge is -2.06. The molecular formula is C19H17N3O5. The number of aromatic amines is 1. The zero-order chi connectivity index (χ0) is 19.2. The zero-order valence-corrected chi connectivity index (χ0v) is 14.3. The summed E-state index contributed by atoms with van der Waals surface area (Å²) < 4.78 is 4.90. The molecule has 3 rings (SSSR count).